The number of hydrogen-bond donors (Lipinski definition) is 0. The molecule has 0 saturated carbocycles. The van der Waals surface area contributed by atoms with Gasteiger partial charge in [0.2, 0.25) is 11.8 Å². The summed E-state index contributed by atoms with van der Waals surface area (Å²) >= 11 is 0. The maximum Gasteiger partial charge on any atom is 0.496 e. The second-order valence-corrected chi connectivity index (χ2v) is 6.41. The van der Waals surface area contributed by atoms with Gasteiger partial charge in [0.1, 0.15) is 5.82 Å². The van der Waals surface area contributed by atoms with Crippen molar-refractivity contribution in [1.82, 2.24) is 4.98 Å². The fraction of sp³-hybridized carbons (Fsp3) is 0.533. The molecule has 1 fully saturated rings. The Morgan fingerprint density at radius 1 is 1.05 bits per heavy atom. The lowest BCUT2D eigenvalue weighted by atomic mass is 9.80. The van der Waals surface area contributed by atoms with Gasteiger partial charge < -0.3 is 9.31 Å². The predicted molar refractivity (Wildman–Crippen MR) is 83.8 cm³/mol. The number of hydrogen-bond acceptors (Lipinski definition) is 5. The third-order valence-electron chi connectivity index (χ3n) is 4.16. The third-order valence-corrected chi connectivity index (χ3v) is 4.16. The van der Waals surface area contributed by atoms with E-state index < -0.39 is 18.3 Å². The molecule has 0 N–H and O–H groups in total. The number of carbonyl (C=O) groups is 2. The van der Waals surface area contributed by atoms with Gasteiger partial charge in [-0.05, 0) is 33.8 Å². The van der Waals surface area contributed by atoms with E-state index in [-0.39, 0.29) is 11.8 Å². The number of amides is 2. The number of rotatable bonds is 2. The number of nitrogens with zero attached hydrogens (tertiary/aromatic N) is 2. The highest BCUT2D eigenvalue weighted by atomic mass is 16.7. The molecular weight excluding hydrogens is 283 g/mol. The number of carbonyl (C=O) groups excluding carboxylic acids is 2. The first-order valence-electron chi connectivity index (χ1n) is 7.18. The summed E-state index contributed by atoms with van der Waals surface area (Å²) in [6.45, 7) is 10.5. The highest BCUT2D eigenvalue weighted by Gasteiger charge is 2.51. The van der Waals surface area contributed by atoms with Gasteiger partial charge in [-0.2, -0.15) is 0 Å². The van der Waals surface area contributed by atoms with E-state index in [9.17, 15) is 9.59 Å². The molecule has 1 saturated heterocycles. The molecule has 0 aromatic carbocycles. The van der Waals surface area contributed by atoms with Crippen LogP contribution in [0.4, 0.5) is 5.82 Å². The summed E-state index contributed by atoms with van der Waals surface area (Å²) in [5.74, 6) is -0.452. The van der Waals surface area contributed by atoms with Crippen molar-refractivity contribution >= 4 is 30.2 Å². The molecule has 1 aromatic rings. The Morgan fingerprint density at radius 3 is 1.91 bits per heavy atom. The maximum absolute atomic E-state index is 11.5. The Bertz CT molecular complexity index is 568. The van der Waals surface area contributed by atoms with E-state index in [4.69, 9.17) is 9.31 Å². The van der Waals surface area contributed by atoms with Crippen molar-refractivity contribution in [3.05, 3.63) is 18.3 Å². The zero-order valence-corrected chi connectivity index (χ0v) is 13.8. The van der Waals surface area contributed by atoms with Crippen molar-refractivity contribution in [3.8, 4) is 0 Å². The summed E-state index contributed by atoms with van der Waals surface area (Å²) in [5.41, 5.74) is -0.114. The molecule has 0 unspecified atom stereocenters. The Morgan fingerprint density at radius 2 is 1.55 bits per heavy atom. The standard InChI is InChI=1S/C15H21BN2O4/c1-10(19)18(11(2)20)13-8-7-12(9-17-13)16-21-14(3,4)15(5,6)22-16/h7-9H,1-6H3. The van der Waals surface area contributed by atoms with E-state index >= 15 is 0 Å². The Kier molecular flexibility index (Phi) is 4.15. The van der Waals surface area contributed by atoms with Crippen LogP contribution in [0.15, 0.2) is 18.3 Å². The van der Waals surface area contributed by atoms with Crippen molar-refractivity contribution in [2.75, 3.05) is 4.90 Å². The SMILES string of the molecule is CC(=O)N(C(C)=O)c1ccc(B2OC(C)(C)C(C)(C)O2)cn1. The van der Waals surface area contributed by atoms with Gasteiger partial charge in [0.15, 0.2) is 0 Å². The quantitative estimate of drug-likeness (QED) is 0.770. The minimum atomic E-state index is -0.519. The summed E-state index contributed by atoms with van der Waals surface area (Å²) in [5, 5.41) is 0. The second kappa shape index (κ2) is 5.48. The van der Waals surface area contributed by atoms with Crippen molar-refractivity contribution in [1.29, 1.82) is 0 Å². The van der Waals surface area contributed by atoms with E-state index in [2.05, 4.69) is 4.98 Å². The van der Waals surface area contributed by atoms with Crippen LogP contribution in [0.3, 0.4) is 0 Å². The summed E-state index contributed by atoms with van der Waals surface area (Å²) in [7, 11) is -0.519. The molecule has 118 valence electrons. The van der Waals surface area contributed by atoms with Gasteiger partial charge in [-0.15, -0.1) is 0 Å². The lowest BCUT2D eigenvalue weighted by molar-refractivity contribution is -0.124. The zero-order valence-electron chi connectivity index (χ0n) is 13.8. The van der Waals surface area contributed by atoms with Gasteiger partial charge in [0.25, 0.3) is 0 Å². The third kappa shape index (κ3) is 2.91. The van der Waals surface area contributed by atoms with Crippen LogP contribution in [0, 0.1) is 0 Å². The summed E-state index contributed by atoms with van der Waals surface area (Å²) in [4.78, 5) is 28.2. The van der Waals surface area contributed by atoms with Crippen LogP contribution < -0.4 is 10.4 Å². The van der Waals surface area contributed by atoms with E-state index in [1.54, 1.807) is 18.3 Å². The molecule has 1 aromatic heterocycles. The molecule has 1 aliphatic heterocycles. The van der Waals surface area contributed by atoms with Gasteiger partial charge in [-0.1, -0.05) is 6.07 Å². The van der Waals surface area contributed by atoms with Crippen molar-refractivity contribution in [2.24, 2.45) is 0 Å². The molecule has 2 rings (SSSR count). The van der Waals surface area contributed by atoms with Crippen molar-refractivity contribution in [2.45, 2.75) is 52.7 Å². The molecular formula is C15H21BN2O4. The highest BCUT2D eigenvalue weighted by Crippen LogP contribution is 2.36. The average molecular weight is 304 g/mol. The molecule has 1 aliphatic rings. The Labute approximate surface area is 130 Å². The van der Waals surface area contributed by atoms with Crippen LogP contribution in [0.25, 0.3) is 0 Å². The van der Waals surface area contributed by atoms with Crippen LogP contribution in [0.5, 0.6) is 0 Å². The van der Waals surface area contributed by atoms with Crippen LogP contribution in [0.2, 0.25) is 0 Å². The van der Waals surface area contributed by atoms with Crippen molar-refractivity contribution in [3.63, 3.8) is 0 Å². The molecule has 0 aliphatic carbocycles. The van der Waals surface area contributed by atoms with Gasteiger partial charge in [-0.25, -0.2) is 9.88 Å². The summed E-state index contributed by atoms with van der Waals surface area (Å²) < 4.78 is 11.9. The fourth-order valence-electron chi connectivity index (χ4n) is 2.19. The summed E-state index contributed by atoms with van der Waals surface area (Å²) in [6.07, 6.45) is 1.57. The first kappa shape index (κ1) is 16.6. The van der Waals surface area contributed by atoms with Crippen LogP contribution in [-0.4, -0.2) is 35.1 Å². The van der Waals surface area contributed by atoms with Crippen LogP contribution in [-0.2, 0) is 18.9 Å². The van der Waals surface area contributed by atoms with Crippen LogP contribution >= 0.6 is 0 Å². The van der Waals surface area contributed by atoms with Gasteiger partial charge in [-0.3, -0.25) is 9.59 Å². The molecule has 0 bridgehead atoms. The minimum absolute atomic E-state index is 0.292. The second-order valence-electron chi connectivity index (χ2n) is 6.41. The van der Waals surface area contributed by atoms with Crippen molar-refractivity contribution < 1.29 is 18.9 Å². The molecule has 0 spiro atoms. The van der Waals surface area contributed by atoms with E-state index in [1.165, 1.54) is 13.8 Å². The Hall–Kier alpha value is -1.73. The van der Waals surface area contributed by atoms with E-state index in [1.807, 2.05) is 27.7 Å². The largest absolute Gasteiger partial charge is 0.496 e. The number of anilines is 1. The van der Waals surface area contributed by atoms with Gasteiger partial charge >= 0.3 is 7.12 Å². The van der Waals surface area contributed by atoms with Crippen LogP contribution in [0.1, 0.15) is 41.5 Å². The lowest BCUT2D eigenvalue weighted by Gasteiger charge is -2.32. The van der Waals surface area contributed by atoms with Gasteiger partial charge in [0, 0.05) is 25.5 Å². The average Bonchev–Trinajstić information content (AvgIpc) is 2.58. The highest BCUT2D eigenvalue weighted by molar-refractivity contribution is 6.62. The summed E-state index contributed by atoms with van der Waals surface area (Å²) in [6, 6.07) is 3.37. The monoisotopic (exact) mass is 304 g/mol. The molecule has 7 heteroatoms. The van der Waals surface area contributed by atoms with E-state index in [0.717, 1.165) is 10.4 Å². The topological polar surface area (TPSA) is 68.7 Å². The smallest absolute Gasteiger partial charge is 0.399 e. The maximum atomic E-state index is 11.5. The predicted octanol–water partition coefficient (Wildman–Crippen LogP) is 1.28. The fourth-order valence-corrected chi connectivity index (χ4v) is 2.19. The Balaban J connectivity index is 2.24. The lowest BCUT2D eigenvalue weighted by Crippen LogP contribution is -2.41. The number of imide groups is 1. The molecule has 0 radical (unpaired) electrons. The molecule has 2 heterocycles. The molecule has 22 heavy (non-hydrogen) atoms. The molecule has 6 nitrogen and oxygen atoms in total. The first-order chi connectivity index (χ1) is 10.0. The van der Waals surface area contributed by atoms with Gasteiger partial charge in [0.05, 0.1) is 11.2 Å². The molecule has 0 atom stereocenters. The number of pyridine rings is 1. The first-order valence-corrected chi connectivity index (χ1v) is 7.18. The number of aromatic nitrogens is 1. The molecule has 2 amide bonds. The van der Waals surface area contributed by atoms with E-state index in [0.29, 0.717) is 5.82 Å². The normalized spacial score (nSPS) is 19.1. The zero-order chi connectivity index (χ0) is 16.7. The minimum Gasteiger partial charge on any atom is -0.399 e.